The van der Waals surface area contributed by atoms with Gasteiger partial charge >= 0.3 is 0 Å². The lowest BCUT2D eigenvalue weighted by atomic mass is 10.0. The molecule has 1 saturated heterocycles. The first-order valence-electron chi connectivity index (χ1n) is 13.2. The Balaban J connectivity index is 1.44. The van der Waals surface area contributed by atoms with Gasteiger partial charge in [0.15, 0.2) is 5.65 Å². The van der Waals surface area contributed by atoms with E-state index < -0.39 is 0 Å². The Morgan fingerprint density at radius 3 is 2.62 bits per heavy atom. The molecule has 4 aromatic rings. The van der Waals surface area contributed by atoms with Crippen molar-refractivity contribution >= 4 is 40.0 Å². The predicted molar refractivity (Wildman–Crippen MR) is 159 cm³/mol. The lowest BCUT2D eigenvalue weighted by Gasteiger charge is -2.36. The van der Waals surface area contributed by atoms with Crippen LogP contribution in [0.25, 0.3) is 16.7 Å². The summed E-state index contributed by atoms with van der Waals surface area (Å²) in [5.74, 6) is 0.655. The molecule has 0 radical (unpaired) electrons. The number of carbonyl (C=O) groups excluding carboxylic acids is 1. The number of pyridine rings is 1. The van der Waals surface area contributed by atoms with Crippen LogP contribution in [0.4, 0.5) is 23.0 Å². The summed E-state index contributed by atoms with van der Waals surface area (Å²) in [4.78, 5) is 38.6. The molecule has 0 atom stereocenters. The van der Waals surface area contributed by atoms with E-state index in [4.69, 9.17) is 9.72 Å². The smallest absolute Gasteiger partial charge is 0.256 e. The highest BCUT2D eigenvalue weighted by Crippen LogP contribution is 2.33. The third-order valence-electron chi connectivity index (χ3n) is 7.18. The number of hydrogen-bond acceptors (Lipinski definition) is 8. The van der Waals surface area contributed by atoms with Crippen molar-refractivity contribution in [3.8, 4) is 11.4 Å². The molecule has 0 bridgehead atoms. The minimum atomic E-state index is -0.339. The van der Waals surface area contributed by atoms with E-state index in [-0.39, 0.29) is 11.5 Å². The van der Waals surface area contributed by atoms with Crippen molar-refractivity contribution in [1.29, 1.82) is 0 Å². The number of amides is 1. The van der Waals surface area contributed by atoms with E-state index in [1.807, 2.05) is 12.1 Å². The maximum Gasteiger partial charge on any atom is 0.256 e. The lowest BCUT2D eigenvalue weighted by molar-refractivity contribution is -0.111. The van der Waals surface area contributed by atoms with Gasteiger partial charge in [-0.05, 0) is 69.4 Å². The highest BCUT2D eigenvalue weighted by molar-refractivity contribution is 5.99. The van der Waals surface area contributed by atoms with Crippen LogP contribution >= 0.6 is 0 Å². The van der Waals surface area contributed by atoms with Crippen LogP contribution in [-0.2, 0) is 4.79 Å². The average molecular weight is 540 g/mol. The zero-order valence-corrected chi connectivity index (χ0v) is 22.9. The Morgan fingerprint density at radius 1 is 1.10 bits per heavy atom. The first-order chi connectivity index (χ1) is 19.4. The van der Waals surface area contributed by atoms with E-state index >= 15 is 0 Å². The Labute approximate surface area is 232 Å². The summed E-state index contributed by atoms with van der Waals surface area (Å²) in [6, 6.07) is 16.8. The number of rotatable bonds is 8. The number of aromatic nitrogens is 3. The van der Waals surface area contributed by atoms with Crippen molar-refractivity contribution in [2.24, 2.45) is 0 Å². The summed E-state index contributed by atoms with van der Waals surface area (Å²) >= 11 is 0. The molecule has 10 nitrogen and oxygen atoms in total. The van der Waals surface area contributed by atoms with E-state index in [9.17, 15) is 9.59 Å². The van der Waals surface area contributed by atoms with Crippen LogP contribution in [-0.4, -0.2) is 65.7 Å². The zero-order valence-electron chi connectivity index (χ0n) is 22.9. The molecule has 0 spiro atoms. The standard InChI is InChI=1S/C30H33N7O3/c1-5-27(38)32-21-7-6-8-24(17-21)37-28(39)12-9-20-19-31-30(34-29(20)37)33-25-11-10-23(18-26(25)40-4)36-15-13-22(14-16-36)35(2)3/h5-12,17-19,22H,1,13-16H2,2-4H3,(H,32,38)(H,31,33,34). The Bertz CT molecular complexity index is 1610. The largest absolute Gasteiger partial charge is 0.494 e. The molecule has 1 aliphatic heterocycles. The SMILES string of the molecule is C=CC(=O)Nc1cccc(-n2c(=O)ccc3cnc(Nc4ccc(N5CCC(N(C)C)CC5)cc4OC)nc32)c1. The van der Waals surface area contributed by atoms with Crippen molar-refractivity contribution in [2.45, 2.75) is 18.9 Å². The van der Waals surface area contributed by atoms with Gasteiger partial charge in [0.25, 0.3) is 5.56 Å². The summed E-state index contributed by atoms with van der Waals surface area (Å²) in [6.45, 7) is 5.46. The molecule has 5 rings (SSSR count). The molecular formula is C30H33N7O3. The minimum Gasteiger partial charge on any atom is -0.494 e. The topological polar surface area (TPSA) is 105 Å². The molecule has 3 heterocycles. The maximum absolute atomic E-state index is 13.0. The van der Waals surface area contributed by atoms with Gasteiger partial charge in [0, 0.05) is 54.2 Å². The molecular weight excluding hydrogens is 506 g/mol. The number of nitrogens with one attached hydrogen (secondary N) is 2. The molecule has 206 valence electrons. The van der Waals surface area contributed by atoms with Crippen molar-refractivity contribution in [2.75, 3.05) is 49.8 Å². The number of piperidine rings is 1. The average Bonchev–Trinajstić information content (AvgIpc) is 2.97. The number of anilines is 4. The molecule has 0 unspecified atom stereocenters. The van der Waals surface area contributed by atoms with Crippen molar-refractivity contribution in [3.63, 3.8) is 0 Å². The van der Waals surface area contributed by atoms with Crippen LogP contribution in [0.5, 0.6) is 5.75 Å². The predicted octanol–water partition coefficient (Wildman–Crippen LogP) is 4.19. The van der Waals surface area contributed by atoms with Crippen LogP contribution in [0, 0.1) is 0 Å². The molecule has 10 heteroatoms. The van der Waals surface area contributed by atoms with Crippen LogP contribution < -0.4 is 25.8 Å². The van der Waals surface area contributed by atoms with E-state index in [2.05, 4.69) is 52.2 Å². The van der Waals surface area contributed by atoms with Gasteiger partial charge in [0.1, 0.15) is 5.75 Å². The molecule has 2 N–H and O–H groups in total. The van der Waals surface area contributed by atoms with Crippen LogP contribution in [0.3, 0.4) is 0 Å². The fourth-order valence-corrected chi connectivity index (χ4v) is 4.99. The molecule has 1 amide bonds. The monoisotopic (exact) mass is 539 g/mol. The van der Waals surface area contributed by atoms with Gasteiger partial charge in [-0.25, -0.2) is 4.98 Å². The first-order valence-corrected chi connectivity index (χ1v) is 13.2. The highest BCUT2D eigenvalue weighted by atomic mass is 16.5. The molecule has 0 aliphatic carbocycles. The normalized spacial score (nSPS) is 13.8. The number of fused-ring (bicyclic) bond motifs is 1. The van der Waals surface area contributed by atoms with Crippen molar-refractivity contribution in [3.05, 3.63) is 83.8 Å². The Kier molecular flexibility index (Phi) is 7.79. The van der Waals surface area contributed by atoms with Crippen molar-refractivity contribution < 1.29 is 9.53 Å². The van der Waals surface area contributed by atoms with Crippen molar-refractivity contribution in [1.82, 2.24) is 19.4 Å². The summed E-state index contributed by atoms with van der Waals surface area (Å²) in [5, 5.41) is 6.67. The van der Waals surface area contributed by atoms with E-state index in [1.165, 1.54) is 16.7 Å². The second kappa shape index (κ2) is 11.6. The minimum absolute atomic E-state index is 0.260. The number of methoxy groups -OCH3 is 1. The van der Waals surface area contributed by atoms with Gasteiger partial charge in [-0.1, -0.05) is 12.6 Å². The fraction of sp³-hybridized carbons (Fsp3) is 0.267. The van der Waals surface area contributed by atoms with Gasteiger partial charge < -0.3 is 25.2 Å². The van der Waals surface area contributed by atoms with Gasteiger partial charge in [0.05, 0.1) is 18.5 Å². The quantitative estimate of drug-likeness (QED) is 0.321. The third-order valence-corrected chi connectivity index (χ3v) is 7.18. The molecule has 1 fully saturated rings. The summed E-state index contributed by atoms with van der Waals surface area (Å²) < 4.78 is 7.20. The van der Waals surface area contributed by atoms with Crippen LogP contribution in [0.1, 0.15) is 12.8 Å². The first kappa shape index (κ1) is 26.9. The second-order valence-electron chi connectivity index (χ2n) is 9.91. The summed E-state index contributed by atoms with van der Waals surface area (Å²) in [6.07, 6.45) is 5.09. The van der Waals surface area contributed by atoms with E-state index in [1.54, 1.807) is 43.6 Å². The molecule has 0 saturated carbocycles. The maximum atomic E-state index is 13.0. The second-order valence-corrected chi connectivity index (χ2v) is 9.91. The Morgan fingerprint density at radius 2 is 1.90 bits per heavy atom. The molecule has 2 aromatic heterocycles. The van der Waals surface area contributed by atoms with E-state index in [0.717, 1.165) is 31.6 Å². The zero-order chi connectivity index (χ0) is 28.2. The number of hydrogen-bond donors (Lipinski definition) is 2. The highest BCUT2D eigenvalue weighted by Gasteiger charge is 2.21. The lowest BCUT2D eigenvalue weighted by Crippen LogP contribution is -2.41. The van der Waals surface area contributed by atoms with Gasteiger partial charge in [0.2, 0.25) is 11.9 Å². The fourth-order valence-electron chi connectivity index (χ4n) is 4.99. The number of carbonyl (C=O) groups is 1. The van der Waals surface area contributed by atoms with Gasteiger partial charge in [-0.3, -0.25) is 14.2 Å². The number of nitrogens with zero attached hydrogens (tertiary/aromatic N) is 5. The number of benzene rings is 2. The summed E-state index contributed by atoms with van der Waals surface area (Å²) in [5.41, 5.74) is 3.08. The van der Waals surface area contributed by atoms with E-state index in [0.29, 0.717) is 45.8 Å². The van der Waals surface area contributed by atoms with Crippen LogP contribution in [0.2, 0.25) is 0 Å². The molecule has 40 heavy (non-hydrogen) atoms. The third kappa shape index (κ3) is 5.67. The number of ether oxygens (including phenoxy) is 1. The van der Waals surface area contributed by atoms with Gasteiger partial charge in [-0.15, -0.1) is 0 Å². The van der Waals surface area contributed by atoms with Crippen LogP contribution in [0.15, 0.2) is 78.2 Å². The Hall–Kier alpha value is -4.70. The molecule has 2 aromatic carbocycles. The molecule has 1 aliphatic rings. The van der Waals surface area contributed by atoms with Gasteiger partial charge in [-0.2, -0.15) is 4.98 Å². The summed E-state index contributed by atoms with van der Waals surface area (Å²) in [7, 11) is 5.91.